The lowest BCUT2D eigenvalue weighted by molar-refractivity contribution is -0.132. The Labute approximate surface area is 102 Å². The summed E-state index contributed by atoms with van der Waals surface area (Å²) >= 11 is 0. The van der Waals surface area contributed by atoms with E-state index >= 15 is 0 Å². The Kier molecular flexibility index (Phi) is 8.85. The topological polar surface area (TPSA) is 104 Å². The van der Waals surface area contributed by atoms with Crippen molar-refractivity contribution in [1.82, 2.24) is 4.90 Å². The zero-order chi connectivity index (χ0) is 14.2. The molecule has 0 radical (unpaired) electrons. The van der Waals surface area contributed by atoms with Gasteiger partial charge in [0.15, 0.2) is 0 Å². The van der Waals surface area contributed by atoms with Crippen LogP contribution in [0.3, 0.4) is 0 Å². The maximum Gasteiger partial charge on any atom is 0.397 e. The van der Waals surface area contributed by atoms with E-state index in [0.29, 0.717) is 5.57 Å². The number of nitrogens with zero attached hydrogens (tertiary/aromatic N) is 1. The minimum atomic E-state index is -4.16. The van der Waals surface area contributed by atoms with Crippen LogP contribution in [0.25, 0.3) is 0 Å². The summed E-state index contributed by atoms with van der Waals surface area (Å²) < 4.78 is 29.7. The van der Waals surface area contributed by atoms with E-state index in [0.717, 1.165) is 7.11 Å². The Hall–Kier alpha value is -0.960. The Bertz CT molecular complexity index is 360. The first-order valence-electron chi connectivity index (χ1n) is 4.62. The van der Waals surface area contributed by atoms with Gasteiger partial charge >= 0.3 is 16.4 Å². The lowest BCUT2D eigenvalue weighted by Crippen LogP contribution is -2.23. The van der Waals surface area contributed by atoms with Gasteiger partial charge in [-0.1, -0.05) is 6.08 Å². The van der Waals surface area contributed by atoms with Crippen LogP contribution in [0.4, 0.5) is 0 Å². The van der Waals surface area contributed by atoms with Gasteiger partial charge in [-0.3, -0.25) is 8.74 Å². The van der Waals surface area contributed by atoms with Crippen LogP contribution < -0.4 is 0 Å². The molecule has 0 bridgehead atoms. The molecule has 0 fully saturated rings. The maximum atomic E-state index is 10.4. The molecule has 0 rings (SSSR count). The Morgan fingerprint density at radius 2 is 1.76 bits per heavy atom. The highest BCUT2D eigenvalue weighted by atomic mass is 32.3. The number of hydrogen-bond donors (Lipinski definition) is 2. The lowest BCUT2D eigenvalue weighted by atomic mass is 10.2. The number of aliphatic carboxylic acids is 1. The van der Waals surface area contributed by atoms with Crippen LogP contribution in [0.15, 0.2) is 11.6 Å². The van der Waals surface area contributed by atoms with Gasteiger partial charge in [-0.15, -0.1) is 0 Å². The van der Waals surface area contributed by atoms with Gasteiger partial charge in [-0.2, -0.15) is 8.42 Å². The summed E-state index contributed by atoms with van der Waals surface area (Å²) in [4.78, 5) is 12.3. The summed E-state index contributed by atoms with van der Waals surface area (Å²) in [6, 6.07) is 0.172. The molecule has 0 aromatic carbocycles. The second kappa shape index (κ2) is 8.18. The van der Waals surface area contributed by atoms with Gasteiger partial charge in [-0.25, -0.2) is 4.79 Å². The molecule has 17 heavy (non-hydrogen) atoms. The number of carbonyl (C=O) groups is 1. The maximum absolute atomic E-state index is 10.4. The number of likely N-dealkylation sites (N-methyl/N-ethyl adjacent to an activating group) is 1. The molecule has 7 nitrogen and oxygen atoms in total. The first kappa shape index (κ1) is 18.4. The molecule has 0 aromatic rings. The van der Waals surface area contributed by atoms with Gasteiger partial charge in [0.1, 0.15) is 0 Å². The van der Waals surface area contributed by atoms with Gasteiger partial charge in [0.05, 0.1) is 7.11 Å². The minimum absolute atomic E-state index is 0.172. The van der Waals surface area contributed by atoms with Crippen LogP contribution in [0.5, 0.6) is 0 Å². The third kappa shape index (κ3) is 13.0. The van der Waals surface area contributed by atoms with Crippen LogP contribution in [-0.4, -0.2) is 56.2 Å². The van der Waals surface area contributed by atoms with Gasteiger partial charge < -0.3 is 10.0 Å². The first-order chi connectivity index (χ1) is 7.51. The van der Waals surface area contributed by atoms with E-state index in [9.17, 15) is 13.2 Å². The van der Waals surface area contributed by atoms with Crippen molar-refractivity contribution >= 4 is 16.4 Å². The highest BCUT2D eigenvalue weighted by molar-refractivity contribution is 7.80. The molecule has 0 spiro atoms. The van der Waals surface area contributed by atoms with Crippen LogP contribution in [0.1, 0.15) is 13.8 Å². The molecule has 8 heteroatoms. The molecule has 0 amide bonds. The monoisotopic (exact) mass is 269 g/mol. The molecule has 0 saturated carbocycles. The normalized spacial score (nSPS) is 13.9. The molecule has 0 aliphatic rings. The van der Waals surface area contributed by atoms with E-state index in [1.54, 1.807) is 13.0 Å². The van der Waals surface area contributed by atoms with E-state index in [4.69, 9.17) is 9.66 Å². The van der Waals surface area contributed by atoms with Crippen molar-refractivity contribution < 1.29 is 27.1 Å². The van der Waals surface area contributed by atoms with E-state index < -0.39 is 16.4 Å². The molecule has 2 N–H and O–H groups in total. The molecule has 0 saturated heterocycles. The minimum Gasteiger partial charge on any atom is -0.478 e. The third-order valence-electron chi connectivity index (χ3n) is 1.85. The summed E-state index contributed by atoms with van der Waals surface area (Å²) in [5.74, 6) is -0.848. The van der Waals surface area contributed by atoms with Crippen molar-refractivity contribution in [1.29, 1.82) is 0 Å². The summed E-state index contributed by atoms with van der Waals surface area (Å²) in [6.45, 7) is 3.55. The molecule has 1 unspecified atom stereocenters. The van der Waals surface area contributed by atoms with E-state index in [1.165, 1.54) is 0 Å². The smallest absolute Gasteiger partial charge is 0.397 e. The van der Waals surface area contributed by atoms with E-state index in [-0.39, 0.29) is 6.04 Å². The molecule has 0 aliphatic carbocycles. The highest BCUT2D eigenvalue weighted by Gasteiger charge is 2.04. The van der Waals surface area contributed by atoms with Crippen LogP contribution in [0, 0.1) is 0 Å². The van der Waals surface area contributed by atoms with Crippen LogP contribution in [-0.2, 0) is 19.4 Å². The number of hydrogen-bond acceptors (Lipinski definition) is 5. The fraction of sp³-hybridized carbons (Fsp3) is 0.667. The van der Waals surface area contributed by atoms with Crippen molar-refractivity contribution in [3.8, 4) is 0 Å². The predicted octanol–water partition coefficient (Wildman–Crippen LogP) is 0.403. The standard InChI is InChI=1S/C8H15NO2.CH4O4S/c1-6(8(10)11)5-7(2)9(3)4;1-5-6(2,3)4/h5,7H,1-4H3,(H,10,11);1H3,(H,2,3,4). The molecule has 1 atom stereocenters. The fourth-order valence-corrected chi connectivity index (χ4v) is 0.582. The number of carboxylic acids is 1. The van der Waals surface area contributed by atoms with Crippen molar-refractivity contribution in [2.24, 2.45) is 0 Å². The highest BCUT2D eigenvalue weighted by Crippen LogP contribution is 1.99. The average Bonchev–Trinajstić information content (AvgIpc) is 2.17. The Balaban J connectivity index is 0. The SMILES string of the molecule is CC(=CC(C)N(C)C)C(=O)O.COS(=O)(=O)O. The summed E-state index contributed by atoms with van der Waals surface area (Å²) in [7, 11) is 0.534. The molecule has 0 aromatic heterocycles. The van der Waals surface area contributed by atoms with E-state index in [2.05, 4.69) is 4.18 Å². The number of rotatable bonds is 4. The first-order valence-corrected chi connectivity index (χ1v) is 5.99. The van der Waals surface area contributed by atoms with Crippen molar-refractivity contribution in [3.63, 3.8) is 0 Å². The molecule has 0 aliphatic heterocycles. The summed E-state index contributed by atoms with van der Waals surface area (Å²) in [6.07, 6.45) is 1.72. The average molecular weight is 269 g/mol. The van der Waals surface area contributed by atoms with Gasteiger partial charge in [0, 0.05) is 11.6 Å². The van der Waals surface area contributed by atoms with Crippen LogP contribution in [0.2, 0.25) is 0 Å². The Morgan fingerprint density at radius 3 is 1.94 bits per heavy atom. The molecular formula is C9H19NO6S. The second-order valence-electron chi connectivity index (χ2n) is 3.45. The van der Waals surface area contributed by atoms with Gasteiger partial charge in [0.2, 0.25) is 0 Å². The largest absolute Gasteiger partial charge is 0.478 e. The predicted molar refractivity (Wildman–Crippen MR) is 63.1 cm³/mol. The lowest BCUT2D eigenvalue weighted by Gasteiger charge is -2.15. The quantitative estimate of drug-likeness (QED) is 0.562. The third-order valence-corrected chi connectivity index (χ3v) is 2.27. The summed E-state index contributed by atoms with van der Waals surface area (Å²) in [5.41, 5.74) is 0.395. The Morgan fingerprint density at radius 1 is 1.41 bits per heavy atom. The number of carboxylic acid groups (broad SMARTS) is 1. The molecular weight excluding hydrogens is 250 g/mol. The van der Waals surface area contributed by atoms with Crippen molar-refractivity contribution in [3.05, 3.63) is 11.6 Å². The van der Waals surface area contributed by atoms with Gasteiger partial charge in [0.25, 0.3) is 0 Å². The molecule has 0 heterocycles. The zero-order valence-corrected chi connectivity index (χ0v) is 11.4. The second-order valence-corrected chi connectivity index (χ2v) is 4.64. The van der Waals surface area contributed by atoms with Crippen molar-refractivity contribution in [2.45, 2.75) is 19.9 Å². The zero-order valence-electron chi connectivity index (χ0n) is 10.5. The fourth-order valence-electron chi connectivity index (χ4n) is 0.582. The molecule has 102 valence electrons. The summed E-state index contributed by atoms with van der Waals surface area (Å²) in [5, 5.41) is 8.53. The van der Waals surface area contributed by atoms with Gasteiger partial charge in [-0.05, 0) is 27.9 Å². The van der Waals surface area contributed by atoms with E-state index in [1.807, 2.05) is 25.9 Å². The van der Waals surface area contributed by atoms with Crippen LogP contribution >= 0.6 is 0 Å². The van der Waals surface area contributed by atoms with Crippen molar-refractivity contribution in [2.75, 3.05) is 21.2 Å².